The van der Waals surface area contributed by atoms with Crippen LogP contribution in [-0.4, -0.2) is 34.6 Å². The molecule has 1 aromatic rings. The van der Waals surface area contributed by atoms with Gasteiger partial charge in [0.2, 0.25) is 17.8 Å². The minimum absolute atomic E-state index is 0.276. The first-order valence-electron chi connectivity index (χ1n) is 7.06. The van der Waals surface area contributed by atoms with Gasteiger partial charge in [0.25, 0.3) is 0 Å². The Morgan fingerprint density at radius 3 is 2.42 bits per heavy atom. The Morgan fingerprint density at radius 2 is 1.89 bits per heavy atom. The molecule has 0 radical (unpaired) electrons. The molecule has 1 aliphatic carbocycles. The van der Waals surface area contributed by atoms with Gasteiger partial charge in [-0.2, -0.15) is 15.0 Å². The van der Waals surface area contributed by atoms with Crippen LogP contribution in [0.2, 0.25) is 0 Å². The molecule has 1 saturated carbocycles. The molecule has 0 spiro atoms. The van der Waals surface area contributed by atoms with Crippen LogP contribution in [0.15, 0.2) is 0 Å². The average molecular weight is 264 g/mol. The van der Waals surface area contributed by atoms with Crippen molar-refractivity contribution in [1.82, 2.24) is 15.0 Å². The lowest BCUT2D eigenvalue weighted by Gasteiger charge is -2.38. The van der Waals surface area contributed by atoms with Crippen molar-refractivity contribution < 1.29 is 0 Å². The van der Waals surface area contributed by atoms with Crippen molar-refractivity contribution in [3.05, 3.63) is 0 Å². The number of hydrogen-bond acceptors (Lipinski definition) is 6. The van der Waals surface area contributed by atoms with E-state index in [9.17, 15) is 0 Å². The summed E-state index contributed by atoms with van der Waals surface area (Å²) in [6, 6.07) is 0. The normalized spacial score (nSPS) is 16.8. The number of nitrogens with one attached hydrogen (secondary N) is 1. The van der Waals surface area contributed by atoms with Gasteiger partial charge < -0.3 is 16.0 Å². The molecule has 1 aliphatic rings. The van der Waals surface area contributed by atoms with Crippen LogP contribution >= 0.6 is 0 Å². The molecule has 6 heteroatoms. The summed E-state index contributed by atoms with van der Waals surface area (Å²) in [6.07, 6.45) is 3.86. The van der Waals surface area contributed by atoms with E-state index in [2.05, 4.69) is 45.9 Å². The first kappa shape index (κ1) is 13.8. The number of nitrogen functional groups attached to an aromatic ring is 1. The van der Waals surface area contributed by atoms with Crippen molar-refractivity contribution in [2.24, 2.45) is 5.41 Å². The van der Waals surface area contributed by atoms with Crippen LogP contribution in [0.3, 0.4) is 0 Å². The van der Waals surface area contributed by atoms with E-state index < -0.39 is 0 Å². The molecule has 6 nitrogen and oxygen atoms in total. The Balaban J connectivity index is 2.07. The third-order valence-corrected chi connectivity index (χ3v) is 3.92. The second kappa shape index (κ2) is 5.59. The van der Waals surface area contributed by atoms with Crippen LogP contribution in [0.4, 0.5) is 17.8 Å². The topological polar surface area (TPSA) is 80.0 Å². The van der Waals surface area contributed by atoms with Crippen LogP contribution in [-0.2, 0) is 0 Å². The lowest BCUT2D eigenvalue weighted by atomic mass is 9.70. The molecule has 2 rings (SSSR count). The highest BCUT2D eigenvalue weighted by atomic mass is 15.3. The van der Waals surface area contributed by atoms with Crippen LogP contribution < -0.4 is 16.0 Å². The maximum Gasteiger partial charge on any atom is 0.231 e. The standard InChI is InChI=1S/C13H24N6/c1-4-19(5-2)12-17-10(14)16-11(18-12)15-9-13(3)7-6-8-13/h4-9H2,1-3H3,(H3,14,15,16,17,18). The zero-order valence-electron chi connectivity index (χ0n) is 12.1. The fourth-order valence-corrected chi connectivity index (χ4v) is 2.36. The van der Waals surface area contributed by atoms with Crippen molar-refractivity contribution >= 4 is 17.8 Å². The van der Waals surface area contributed by atoms with E-state index in [4.69, 9.17) is 5.73 Å². The molecule has 0 unspecified atom stereocenters. The molecule has 0 saturated heterocycles. The smallest absolute Gasteiger partial charge is 0.231 e. The van der Waals surface area contributed by atoms with E-state index in [1.165, 1.54) is 19.3 Å². The minimum atomic E-state index is 0.276. The minimum Gasteiger partial charge on any atom is -0.368 e. The number of hydrogen-bond donors (Lipinski definition) is 2. The number of aromatic nitrogens is 3. The first-order valence-corrected chi connectivity index (χ1v) is 7.06. The van der Waals surface area contributed by atoms with Gasteiger partial charge in [-0.3, -0.25) is 0 Å². The molecular weight excluding hydrogens is 240 g/mol. The SMILES string of the molecule is CCN(CC)c1nc(N)nc(NCC2(C)CCC2)n1. The van der Waals surface area contributed by atoms with Crippen LogP contribution in [0.25, 0.3) is 0 Å². The van der Waals surface area contributed by atoms with Crippen molar-refractivity contribution in [2.45, 2.75) is 40.0 Å². The van der Waals surface area contributed by atoms with Gasteiger partial charge in [-0.1, -0.05) is 13.3 Å². The molecule has 0 bridgehead atoms. The summed E-state index contributed by atoms with van der Waals surface area (Å²) in [4.78, 5) is 14.9. The summed E-state index contributed by atoms with van der Waals surface area (Å²) in [5.41, 5.74) is 6.15. The van der Waals surface area contributed by atoms with E-state index in [1.807, 2.05) is 0 Å². The predicted octanol–water partition coefficient (Wildman–Crippen LogP) is 1.90. The van der Waals surface area contributed by atoms with E-state index in [0.29, 0.717) is 17.3 Å². The molecule has 19 heavy (non-hydrogen) atoms. The van der Waals surface area contributed by atoms with Gasteiger partial charge in [-0.05, 0) is 32.1 Å². The molecule has 0 aromatic carbocycles. The van der Waals surface area contributed by atoms with Crippen LogP contribution in [0.5, 0.6) is 0 Å². The maximum absolute atomic E-state index is 5.76. The Kier molecular flexibility index (Phi) is 4.07. The molecular formula is C13H24N6. The highest BCUT2D eigenvalue weighted by Gasteiger charge is 2.31. The van der Waals surface area contributed by atoms with Gasteiger partial charge >= 0.3 is 0 Å². The molecule has 1 heterocycles. The lowest BCUT2D eigenvalue weighted by Crippen LogP contribution is -2.34. The molecule has 0 amide bonds. The zero-order chi connectivity index (χ0) is 13.9. The highest BCUT2D eigenvalue weighted by Crippen LogP contribution is 2.40. The molecule has 3 N–H and O–H groups in total. The van der Waals surface area contributed by atoms with Gasteiger partial charge in [-0.25, -0.2) is 0 Å². The van der Waals surface area contributed by atoms with E-state index in [1.54, 1.807) is 0 Å². The number of nitrogens with zero attached hydrogens (tertiary/aromatic N) is 4. The third kappa shape index (κ3) is 3.24. The van der Waals surface area contributed by atoms with Crippen LogP contribution in [0, 0.1) is 5.41 Å². The lowest BCUT2D eigenvalue weighted by molar-refractivity contribution is 0.179. The second-order valence-corrected chi connectivity index (χ2v) is 5.51. The number of rotatable bonds is 6. The van der Waals surface area contributed by atoms with Gasteiger partial charge in [0.1, 0.15) is 0 Å². The Morgan fingerprint density at radius 1 is 1.21 bits per heavy atom. The quantitative estimate of drug-likeness (QED) is 0.817. The Labute approximate surface area is 114 Å². The monoisotopic (exact) mass is 264 g/mol. The van der Waals surface area contributed by atoms with Crippen molar-refractivity contribution in [1.29, 1.82) is 0 Å². The molecule has 1 aromatic heterocycles. The largest absolute Gasteiger partial charge is 0.368 e. The van der Waals surface area contributed by atoms with Gasteiger partial charge in [-0.15, -0.1) is 0 Å². The van der Waals surface area contributed by atoms with Crippen molar-refractivity contribution in [3.63, 3.8) is 0 Å². The predicted molar refractivity (Wildman–Crippen MR) is 78.2 cm³/mol. The summed E-state index contributed by atoms with van der Waals surface area (Å²) in [5.74, 6) is 1.51. The molecule has 0 aliphatic heterocycles. The first-order chi connectivity index (χ1) is 9.06. The van der Waals surface area contributed by atoms with Crippen molar-refractivity contribution in [3.8, 4) is 0 Å². The van der Waals surface area contributed by atoms with E-state index in [-0.39, 0.29) is 5.95 Å². The number of anilines is 3. The number of nitrogens with two attached hydrogens (primary N) is 1. The fourth-order valence-electron chi connectivity index (χ4n) is 2.36. The van der Waals surface area contributed by atoms with Gasteiger partial charge in [0.05, 0.1) is 0 Å². The van der Waals surface area contributed by atoms with Crippen LogP contribution in [0.1, 0.15) is 40.0 Å². The zero-order valence-corrected chi connectivity index (χ0v) is 12.1. The average Bonchev–Trinajstić information content (AvgIpc) is 2.35. The summed E-state index contributed by atoms with van der Waals surface area (Å²) < 4.78 is 0. The second-order valence-electron chi connectivity index (χ2n) is 5.51. The summed E-state index contributed by atoms with van der Waals surface area (Å²) in [7, 11) is 0. The van der Waals surface area contributed by atoms with Crippen molar-refractivity contribution in [2.75, 3.05) is 35.6 Å². The Hall–Kier alpha value is -1.59. The van der Waals surface area contributed by atoms with E-state index in [0.717, 1.165) is 19.6 Å². The summed E-state index contributed by atoms with van der Waals surface area (Å²) in [5, 5.41) is 3.30. The summed E-state index contributed by atoms with van der Waals surface area (Å²) >= 11 is 0. The summed E-state index contributed by atoms with van der Waals surface area (Å²) in [6.45, 7) is 9.06. The Bertz CT molecular complexity index is 425. The highest BCUT2D eigenvalue weighted by molar-refractivity contribution is 5.41. The van der Waals surface area contributed by atoms with Gasteiger partial charge in [0, 0.05) is 19.6 Å². The molecule has 1 fully saturated rings. The van der Waals surface area contributed by atoms with Gasteiger partial charge in [0.15, 0.2) is 0 Å². The fraction of sp³-hybridized carbons (Fsp3) is 0.769. The molecule has 106 valence electrons. The van der Waals surface area contributed by atoms with E-state index >= 15 is 0 Å². The maximum atomic E-state index is 5.76. The molecule has 0 atom stereocenters. The third-order valence-electron chi connectivity index (χ3n) is 3.92.